The quantitative estimate of drug-likeness (QED) is 0.688. The van der Waals surface area contributed by atoms with Crippen LogP contribution in [0.4, 0.5) is 33.1 Å². The Bertz CT molecular complexity index is 967. The monoisotopic (exact) mass is 392 g/mol. The normalized spacial score (nSPS) is 14.1. The van der Waals surface area contributed by atoms with Crippen molar-refractivity contribution >= 4 is 28.7 Å². The summed E-state index contributed by atoms with van der Waals surface area (Å²) in [5.74, 6) is 1.15. The second-order valence-electron chi connectivity index (χ2n) is 7.05. The molecule has 0 aliphatic carbocycles. The lowest BCUT2D eigenvalue weighted by Gasteiger charge is -2.37. The van der Waals surface area contributed by atoms with Crippen LogP contribution in [-0.2, 0) is 6.42 Å². The zero-order chi connectivity index (χ0) is 20.2. The number of nitrogen functional groups attached to an aromatic ring is 1. The number of nitrogens with one attached hydrogen (secondary N) is 1. The number of aromatic nitrogens is 2. The molecule has 2 heterocycles. The van der Waals surface area contributed by atoms with E-state index < -0.39 is 0 Å². The van der Waals surface area contributed by atoms with Crippen molar-refractivity contribution in [2.24, 2.45) is 0 Å². The van der Waals surface area contributed by atoms with Crippen LogP contribution in [0.25, 0.3) is 0 Å². The van der Waals surface area contributed by atoms with Crippen LogP contribution in [0.2, 0.25) is 0 Å². The second-order valence-corrected chi connectivity index (χ2v) is 7.05. The number of para-hydroxylation sites is 1. The maximum atomic E-state index is 13.2. The molecule has 0 unspecified atom stereocenters. The van der Waals surface area contributed by atoms with Crippen LogP contribution < -0.4 is 20.9 Å². The van der Waals surface area contributed by atoms with Crippen molar-refractivity contribution in [3.05, 3.63) is 66.2 Å². The molecule has 0 radical (unpaired) electrons. The van der Waals surface area contributed by atoms with Gasteiger partial charge in [-0.2, -0.15) is 0 Å². The third-order valence-electron chi connectivity index (χ3n) is 5.29. The second kappa shape index (κ2) is 8.34. The number of halogens is 1. The summed E-state index contributed by atoms with van der Waals surface area (Å²) in [5, 5.41) is 3.36. The predicted molar refractivity (Wildman–Crippen MR) is 116 cm³/mol. The van der Waals surface area contributed by atoms with E-state index in [-0.39, 0.29) is 5.82 Å². The summed E-state index contributed by atoms with van der Waals surface area (Å²) in [7, 11) is 0. The van der Waals surface area contributed by atoms with Crippen LogP contribution in [0, 0.1) is 5.82 Å². The third kappa shape index (κ3) is 4.08. The first-order valence-corrected chi connectivity index (χ1v) is 9.86. The van der Waals surface area contributed by atoms with Gasteiger partial charge in [0.2, 0.25) is 0 Å². The van der Waals surface area contributed by atoms with Crippen molar-refractivity contribution in [1.29, 1.82) is 0 Å². The number of hydrogen-bond donors (Lipinski definition) is 2. The average molecular weight is 392 g/mol. The summed E-state index contributed by atoms with van der Waals surface area (Å²) < 4.78 is 13.2. The van der Waals surface area contributed by atoms with Crippen molar-refractivity contribution < 1.29 is 4.39 Å². The van der Waals surface area contributed by atoms with Crippen molar-refractivity contribution in [2.45, 2.75) is 13.3 Å². The summed E-state index contributed by atoms with van der Waals surface area (Å²) in [5.41, 5.74) is 10.2. The fraction of sp³-hybridized carbons (Fsp3) is 0.273. The van der Waals surface area contributed by atoms with Crippen LogP contribution in [0.5, 0.6) is 0 Å². The van der Waals surface area contributed by atoms with Crippen LogP contribution >= 0.6 is 0 Å². The smallest absolute Gasteiger partial charge is 0.159 e. The van der Waals surface area contributed by atoms with E-state index in [1.165, 1.54) is 17.7 Å². The first-order chi connectivity index (χ1) is 14.2. The lowest BCUT2D eigenvalue weighted by atomic mass is 10.1. The highest BCUT2D eigenvalue weighted by Gasteiger charge is 2.21. The van der Waals surface area contributed by atoms with Gasteiger partial charge in [-0.1, -0.05) is 25.1 Å². The minimum Gasteiger partial charge on any atom is -0.393 e. The number of aryl methyl sites for hydroxylation is 1. The molecule has 150 valence electrons. The Morgan fingerprint density at radius 2 is 1.66 bits per heavy atom. The molecule has 1 saturated heterocycles. The molecule has 0 amide bonds. The fourth-order valence-corrected chi connectivity index (χ4v) is 3.64. The minimum absolute atomic E-state index is 0.217. The van der Waals surface area contributed by atoms with E-state index in [0.717, 1.165) is 49.8 Å². The van der Waals surface area contributed by atoms with Gasteiger partial charge in [0, 0.05) is 37.6 Å². The molecule has 1 fully saturated rings. The molecule has 1 aromatic heterocycles. The number of nitrogens with two attached hydrogens (primary N) is 1. The summed E-state index contributed by atoms with van der Waals surface area (Å²) in [6.45, 7) is 5.32. The molecule has 1 aliphatic rings. The van der Waals surface area contributed by atoms with Gasteiger partial charge in [-0.3, -0.25) is 0 Å². The first kappa shape index (κ1) is 19.0. The Morgan fingerprint density at radius 1 is 0.966 bits per heavy atom. The van der Waals surface area contributed by atoms with Crippen LogP contribution in [-0.4, -0.2) is 36.1 Å². The van der Waals surface area contributed by atoms with Gasteiger partial charge in [0.1, 0.15) is 17.8 Å². The molecule has 4 rings (SSSR count). The van der Waals surface area contributed by atoms with Gasteiger partial charge in [-0.25, -0.2) is 14.4 Å². The van der Waals surface area contributed by atoms with E-state index in [1.54, 1.807) is 6.33 Å². The SMILES string of the molecule is CCc1ccccc1Nc1ncnc(N2CCN(c3ccc(F)cc3)CC2)c1N. The van der Waals surface area contributed by atoms with Crippen molar-refractivity contribution in [1.82, 2.24) is 9.97 Å². The minimum atomic E-state index is -0.217. The number of benzene rings is 2. The van der Waals surface area contributed by atoms with Crippen LogP contribution in [0.3, 0.4) is 0 Å². The van der Waals surface area contributed by atoms with Crippen molar-refractivity contribution in [3.8, 4) is 0 Å². The maximum absolute atomic E-state index is 13.2. The van der Waals surface area contributed by atoms with Gasteiger partial charge in [0.05, 0.1) is 0 Å². The van der Waals surface area contributed by atoms with Gasteiger partial charge in [0.25, 0.3) is 0 Å². The molecule has 0 bridgehead atoms. The Balaban J connectivity index is 1.48. The van der Waals surface area contributed by atoms with Crippen molar-refractivity contribution in [2.75, 3.05) is 47.0 Å². The highest BCUT2D eigenvalue weighted by Crippen LogP contribution is 2.30. The molecule has 0 atom stereocenters. The molecule has 29 heavy (non-hydrogen) atoms. The van der Waals surface area contributed by atoms with E-state index in [4.69, 9.17) is 5.73 Å². The standard InChI is InChI=1S/C22H25FN6/c1-2-16-5-3-4-6-19(16)27-21-20(24)22(26-15-25-21)29-13-11-28(12-14-29)18-9-7-17(23)8-10-18/h3-10,15H,2,11-14,24H2,1H3,(H,25,26,27). The molecule has 0 saturated carbocycles. The van der Waals surface area contributed by atoms with Gasteiger partial charge < -0.3 is 20.9 Å². The number of rotatable bonds is 5. The topological polar surface area (TPSA) is 70.3 Å². The predicted octanol–water partition coefficient (Wildman–Crippen LogP) is 3.83. The Kier molecular flexibility index (Phi) is 5.46. The largest absolute Gasteiger partial charge is 0.393 e. The lowest BCUT2D eigenvalue weighted by molar-refractivity contribution is 0.624. The maximum Gasteiger partial charge on any atom is 0.159 e. The summed E-state index contributed by atoms with van der Waals surface area (Å²) in [6.07, 6.45) is 2.47. The van der Waals surface area contributed by atoms with Gasteiger partial charge >= 0.3 is 0 Å². The number of nitrogens with zero attached hydrogens (tertiary/aromatic N) is 4. The summed E-state index contributed by atoms with van der Waals surface area (Å²) in [6, 6.07) is 14.8. The highest BCUT2D eigenvalue weighted by molar-refractivity contribution is 5.79. The van der Waals surface area contributed by atoms with E-state index in [2.05, 4.69) is 38.1 Å². The van der Waals surface area contributed by atoms with Crippen LogP contribution in [0.1, 0.15) is 12.5 Å². The molecular formula is C22H25FN6. The van der Waals surface area contributed by atoms with Gasteiger partial charge in [-0.15, -0.1) is 0 Å². The zero-order valence-electron chi connectivity index (χ0n) is 16.5. The summed E-state index contributed by atoms with van der Waals surface area (Å²) in [4.78, 5) is 13.2. The Labute approximate surface area is 170 Å². The first-order valence-electron chi connectivity index (χ1n) is 9.86. The molecule has 3 aromatic rings. The van der Waals surface area contributed by atoms with Gasteiger partial charge in [0.15, 0.2) is 11.6 Å². The molecular weight excluding hydrogens is 367 g/mol. The average Bonchev–Trinajstić information content (AvgIpc) is 2.76. The third-order valence-corrected chi connectivity index (χ3v) is 5.29. The van der Waals surface area contributed by atoms with E-state index in [1.807, 2.05) is 30.3 Å². The molecule has 6 nitrogen and oxygen atoms in total. The molecule has 7 heteroatoms. The fourth-order valence-electron chi connectivity index (χ4n) is 3.64. The van der Waals surface area contributed by atoms with Crippen LogP contribution in [0.15, 0.2) is 54.9 Å². The highest BCUT2D eigenvalue weighted by atomic mass is 19.1. The molecule has 1 aliphatic heterocycles. The van der Waals surface area contributed by atoms with E-state index >= 15 is 0 Å². The molecule has 2 aromatic carbocycles. The van der Waals surface area contributed by atoms with E-state index in [9.17, 15) is 4.39 Å². The van der Waals surface area contributed by atoms with E-state index in [0.29, 0.717) is 11.5 Å². The summed E-state index contributed by atoms with van der Waals surface area (Å²) >= 11 is 0. The van der Waals surface area contributed by atoms with Crippen molar-refractivity contribution in [3.63, 3.8) is 0 Å². The Morgan fingerprint density at radius 3 is 2.38 bits per heavy atom. The Hall–Kier alpha value is -3.35. The molecule has 0 spiro atoms. The molecule has 3 N–H and O–H groups in total. The zero-order valence-corrected chi connectivity index (χ0v) is 16.5. The number of anilines is 5. The van der Waals surface area contributed by atoms with Gasteiger partial charge in [-0.05, 0) is 42.3 Å². The number of piperazine rings is 1. The lowest BCUT2D eigenvalue weighted by Crippen LogP contribution is -2.47. The number of hydrogen-bond acceptors (Lipinski definition) is 6.